The van der Waals surface area contributed by atoms with Gasteiger partial charge in [-0.3, -0.25) is 4.79 Å². The van der Waals surface area contributed by atoms with Crippen LogP contribution in [0, 0.1) is 0 Å². The summed E-state index contributed by atoms with van der Waals surface area (Å²) in [6.07, 6.45) is 10.6. The number of esters is 1. The topological polar surface area (TPSA) is 51.2 Å². The predicted octanol–water partition coefficient (Wildman–Crippen LogP) is 9.24. The molecule has 0 aliphatic rings. The van der Waals surface area contributed by atoms with Gasteiger partial charge in [-0.1, -0.05) is 0 Å². The van der Waals surface area contributed by atoms with Gasteiger partial charge < -0.3 is 4.74 Å². The molecule has 0 spiro atoms. The average Bonchev–Trinajstić information content (AvgIpc) is 3.30. The number of thiazole rings is 1. The number of hydrogen-bond donors (Lipinski definition) is 1. The molecule has 0 saturated heterocycles. The van der Waals surface area contributed by atoms with Gasteiger partial charge in [0.05, 0.1) is 0 Å². The second kappa shape index (κ2) is 14.8. The zero-order valence-corrected chi connectivity index (χ0v) is 26.1. The molecule has 36 heavy (non-hydrogen) atoms. The summed E-state index contributed by atoms with van der Waals surface area (Å²) in [6, 6.07) is 14.1. The van der Waals surface area contributed by atoms with Crippen molar-refractivity contribution in [3.8, 4) is 16.3 Å². The summed E-state index contributed by atoms with van der Waals surface area (Å²) in [4.78, 5) is 16.0. The third-order valence-electron chi connectivity index (χ3n) is 6.73. The molecule has 1 N–H and O–H groups in total. The van der Waals surface area contributed by atoms with E-state index < -0.39 is 18.4 Å². The molecule has 2 aromatic carbocycles. The van der Waals surface area contributed by atoms with Crippen molar-refractivity contribution in [3.05, 3.63) is 52.6 Å². The second-order valence-electron chi connectivity index (χ2n) is 9.78. The third kappa shape index (κ3) is 8.62. The van der Waals surface area contributed by atoms with Crippen molar-refractivity contribution >= 4 is 51.6 Å². The van der Waals surface area contributed by atoms with E-state index >= 15 is 0 Å². The van der Waals surface area contributed by atoms with Crippen LogP contribution < -0.4 is 10.1 Å². The van der Waals surface area contributed by atoms with Crippen LogP contribution in [0.25, 0.3) is 20.8 Å². The molecule has 0 unspecified atom stereocenters. The summed E-state index contributed by atoms with van der Waals surface area (Å²) in [6.45, 7) is 9.31. The van der Waals surface area contributed by atoms with Crippen LogP contribution in [0.2, 0.25) is 13.3 Å². The molecule has 0 aliphatic heterocycles. The zero-order chi connectivity index (χ0) is 25.8. The van der Waals surface area contributed by atoms with Crippen molar-refractivity contribution in [3.63, 3.8) is 0 Å². The fourth-order valence-corrected chi connectivity index (χ4v) is 20.1. The summed E-state index contributed by atoms with van der Waals surface area (Å²) in [5.41, 5.74) is 3.15. The second-order valence-corrected chi connectivity index (χ2v) is 23.8. The van der Waals surface area contributed by atoms with Crippen molar-refractivity contribution in [1.82, 2.24) is 4.98 Å². The number of nitrogens with zero attached hydrogens (tertiary/aromatic N) is 1. The first kappa shape index (κ1) is 28.7. The van der Waals surface area contributed by atoms with E-state index in [0.717, 1.165) is 33.0 Å². The summed E-state index contributed by atoms with van der Waals surface area (Å²) >= 11 is -0.587. The van der Waals surface area contributed by atoms with E-state index in [1.54, 1.807) is 17.4 Å². The standard InChI is InChI=1S/C18H15N2O2S.3C4H9.Sn/c1-3-10-19-14-6-4-13(5-7-14)18-20-16-9-8-15(22-12(2)21)11-17(16)23-18;3*1-3-4-2;/h1,3-9,11,19H,10H2,2H3;3*1,3-4H2,2H3;. The number of benzene rings is 2. The molecule has 0 fully saturated rings. The van der Waals surface area contributed by atoms with Gasteiger partial charge in [0.25, 0.3) is 0 Å². The minimum absolute atomic E-state index is 0.311. The van der Waals surface area contributed by atoms with Crippen molar-refractivity contribution in [2.45, 2.75) is 79.5 Å². The van der Waals surface area contributed by atoms with Gasteiger partial charge in [-0.05, 0) is 6.07 Å². The molecule has 0 radical (unpaired) electrons. The Labute approximate surface area is 225 Å². The number of aromatic nitrogens is 1. The molecule has 3 rings (SSSR count). The van der Waals surface area contributed by atoms with E-state index in [-0.39, 0.29) is 5.97 Å². The molecule has 3 aromatic rings. The van der Waals surface area contributed by atoms with Crippen LogP contribution in [0.15, 0.2) is 52.6 Å². The third-order valence-corrected chi connectivity index (χ3v) is 22.0. The van der Waals surface area contributed by atoms with E-state index in [1.807, 2.05) is 12.1 Å². The number of rotatable bonds is 15. The normalized spacial score (nSPS) is 11.9. The van der Waals surface area contributed by atoms with Gasteiger partial charge in [0.15, 0.2) is 0 Å². The summed E-state index contributed by atoms with van der Waals surface area (Å²) < 4.78 is 13.5. The van der Waals surface area contributed by atoms with Crippen LogP contribution in [0.3, 0.4) is 0 Å². The van der Waals surface area contributed by atoms with Crippen LogP contribution in [-0.4, -0.2) is 35.9 Å². The molecule has 1 aromatic heterocycles. The molecule has 0 amide bonds. The fraction of sp³-hybridized carbons (Fsp3) is 0.467. The number of ether oxygens (including phenoxy) is 1. The van der Waals surface area contributed by atoms with Gasteiger partial charge in [-0.25, -0.2) is 0 Å². The van der Waals surface area contributed by atoms with Crippen LogP contribution >= 0.6 is 11.3 Å². The Bertz CT molecular complexity index is 1100. The van der Waals surface area contributed by atoms with E-state index in [0.29, 0.717) is 5.75 Å². The van der Waals surface area contributed by atoms with Crippen LogP contribution in [0.4, 0.5) is 5.69 Å². The van der Waals surface area contributed by atoms with E-state index in [1.165, 1.54) is 58.8 Å². The van der Waals surface area contributed by atoms with Gasteiger partial charge in [-0.15, -0.1) is 0 Å². The average molecular weight is 613 g/mol. The first-order chi connectivity index (χ1) is 17.5. The predicted molar refractivity (Wildman–Crippen MR) is 159 cm³/mol. The van der Waals surface area contributed by atoms with Crippen LogP contribution in [0.1, 0.15) is 66.2 Å². The number of fused-ring (bicyclic) bond motifs is 1. The quantitative estimate of drug-likeness (QED) is 0.106. The van der Waals surface area contributed by atoms with Crippen molar-refractivity contribution in [2.24, 2.45) is 0 Å². The number of hydrogen-bond acceptors (Lipinski definition) is 5. The van der Waals surface area contributed by atoms with E-state index in [2.05, 4.69) is 60.5 Å². The van der Waals surface area contributed by atoms with Gasteiger partial charge >= 0.3 is 198 Å². The first-order valence-electron chi connectivity index (χ1n) is 13.6. The molecule has 6 heteroatoms. The Morgan fingerprint density at radius 1 is 0.972 bits per heavy atom. The van der Waals surface area contributed by atoms with Crippen molar-refractivity contribution in [2.75, 3.05) is 11.9 Å². The Morgan fingerprint density at radius 2 is 1.61 bits per heavy atom. The minimum atomic E-state index is -2.20. The maximum atomic E-state index is 11.2. The molecule has 4 nitrogen and oxygen atoms in total. The van der Waals surface area contributed by atoms with Gasteiger partial charge in [0.1, 0.15) is 5.75 Å². The fourth-order valence-electron chi connectivity index (χ4n) is 4.69. The SMILES string of the molecule is CCC[CH2][Sn]([CH]=CCNc1ccc(-c2nc3ccc(OC(C)=O)cc3s2)cc1)([CH2]CCC)[CH2]CCC. The van der Waals surface area contributed by atoms with Crippen LogP contribution in [0.5, 0.6) is 5.75 Å². The number of carbonyl (C=O) groups excluding carboxylic acids is 1. The molecule has 194 valence electrons. The summed E-state index contributed by atoms with van der Waals surface area (Å²) in [5, 5.41) is 4.57. The molecule has 0 atom stereocenters. The number of nitrogens with one attached hydrogen (secondary N) is 1. The Hall–Kier alpha value is -1.86. The van der Waals surface area contributed by atoms with E-state index in [9.17, 15) is 4.79 Å². The molecule has 0 aliphatic carbocycles. The van der Waals surface area contributed by atoms with Crippen molar-refractivity contribution in [1.29, 1.82) is 0 Å². The van der Waals surface area contributed by atoms with Gasteiger partial charge in [0.2, 0.25) is 0 Å². The van der Waals surface area contributed by atoms with Crippen molar-refractivity contribution < 1.29 is 9.53 Å². The number of carbonyl (C=O) groups is 1. The number of unbranched alkanes of at least 4 members (excludes halogenated alkanes) is 3. The Morgan fingerprint density at radius 3 is 2.19 bits per heavy atom. The summed E-state index contributed by atoms with van der Waals surface area (Å²) in [7, 11) is 0. The van der Waals surface area contributed by atoms with Crippen LogP contribution in [-0.2, 0) is 4.79 Å². The van der Waals surface area contributed by atoms with Gasteiger partial charge in [0, 0.05) is 6.92 Å². The molecular weight excluding hydrogens is 571 g/mol. The number of anilines is 1. The Kier molecular flexibility index (Phi) is 11.8. The molecule has 0 bridgehead atoms. The Balaban J connectivity index is 1.63. The molecular formula is C30H42N2O2SSn. The maximum absolute atomic E-state index is 11.2. The van der Waals surface area contributed by atoms with Gasteiger partial charge in [-0.2, -0.15) is 0 Å². The monoisotopic (exact) mass is 614 g/mol. The van der Waals surface area contributed by atoms with E-state index in [4.69, 9.17) is 9.72 Å². The zero-order valence-electron chi connectivity index (χ0n) is 22.4. The molecule has 0 saturated carbocycles. The first-order valence-corrected chi connectivity index (χ1v) is 22.1. The molecule has 1 heterocycles. The summed E-state index contributed by atoms with van der Waals surface area (Å²) in [5.74, 6) is 0.250.